The summed E-state index contributed by atoms with van der Waals surface area (Å²) in [5.74, 6) is 0. The third-order valence-corrected chi connectivity index (χ3v) is 4.36. The largest absolute Gasteiger partial charge is 0.394 e. The lowest BCUT2D eigenvalue weighted by Gasteiger charge is -2.46. The first kappa shape index (κ1) is 21.6. The van der Waals surface area contributed by atoms with Crippen LogP contribution in [0.15, 0.2) is 12.7 Å². The summed E-state index contributed by atoms with van der Waals surface area (Å²) in [4.78, 5) is 0. The van der Waals surface area contributed by atoms with Crippen LogP contribution in [0.4, 0.5) is 0 Å². The van der Waals surface area contributed by atoms with Crippen molar-refractivity contribution >= 4 is 0 Å². The zero-order chi connectivity index (χ0) is 19.4. The Morgan fingerprint density at radius 1 is 0.808 bits per heavy atom. The highest BCUT2D eigenvalue weighted by Crippen LogP contribution is 2.29. The quantitative estimate of drug-likeness (QED) is 0.212. The molecule has 0 amide bonds. The van der Waals surface area contributed by atoms with Crippen LogP contribution in [-0.2, 0) is 18.9 Å². The van der Waals surface area contributed by atoms with Crippen molar-refractivity contribution in [1.82, 2.24) is 0 Å². The lowest BCUT2D eigenvalue weighted by Crippen LogP contribution is -2.64. The summed E-state index contributed by atoms with van der Waals surface area (Å²) in [5, 5.41) is 68.3. The molecule has 26 heavy (non-hydrogen) atoms. The van der Waals surface area contributed by atoms with Crippen LogP contribution in [0.3, 0.4) is 0 Å². The molecule has 0 aliphatic carbocycles. The van der Waals surface area contributed by atoms with Gasteiger partial charge in [-0.2, -0.15) is 0 Å². The molecule has 0 aromatic carbocycles. The number of hydrogen-bond acceptors (Lipinski definition) is 11. The fourth-order valence-corrected chi connectivity index (χ4v) is 2.91. The predicted octanol–water partition coefficient (Wildman–Crippen LogP) is -4.19. The standard InChI is InChI=1S/C15H26O11/c1-2-3-23-13-9(19)8(18)6(4-16)25-15(13)26-12-7(5-17)24-14(22)11(21)10(12)20/h2,6-22H,1,3-5H2/t6-,7-,8+,9+,10-,11-,12-,13-,14-,15+/m1/s1. The van der Waals surface area contributed by atoms with Gasteiger partial charge in [-0.1, -0.05) is 6.08 Å². The van der Waals surface area contributed by atoms with E-state index in [0.717, 1.165) is 0 Å². The molecule has 2 rings (SSSR count). The molecule has 7 N–H and O–H groups in total. The van der Waals surface area contributed by atoms with Crippen LogP contribution in [0.5, 0.6) is 0 Å². The maximum atomic E-state index is 10.2. The normalized spacial score (nSPS) is 46.9. The molecule has 2 heterocycles. The Hall–Kier alpha value is -0.700. The Kier molecular flexibility index (Phi) is 7.88. The van der Waals surface area contributed by atoms with Gasteiger partial charge < -0.3 is 54.7 Å². The monoisotopic (exact) mass is 382 g/mol. The van der Waals surface area contributed by atoms with Crippen LogP contribution in [-0.4, -0.2) is 117 Å². The van der Waals surface area contributed by atoms with Crippen LogP contribution in [0, 0.1) is 0 Å². The second-order valence-corrected chi connectivity index (χ2v) is 6.12. The molecule has 0 unspecified atom stereocenters. The van der Waals surface area contributed by atoms with Crippen LogP contribution in [0.25, 0.3) is 0 Å². The first-order chi connectivity index (χ1) is 12.3. The van der Waals surface area contributed by atoms with Gasteiger partial charge in [-0.15, -0.1) is 6.58 Å². The molecule has 2 fully saturated rings. The van der Waals surface area contributed by atoms with Crippen molar-refractivity contribution in [2.45, 2.75) is 61.4 Å². The van der Waals surface area contributed by atoms with Crippen LogP contribution < -0.4 is 0 Å². The highest BCUT2D eigenvalue weighted by molar-refractivity contribution is 4.94. The minimum atomic E-state index is -1.72. The summed E-state index contributed by atoms with van der Waals surface area (Å²) in [6.07, 6.45) is -13.0. The number of aliphatic hydroxyl groups excluding tert-OH is 7. The molecule has 10 atom stereocenters. The number of ether oxygens (including phenoxy) is 4. The maximum Gasteiger partial charge on any atom is 0.187 e. The van der Waals surface area contributed by atoms with Crippen LogP contribution in [0.1, 0.15) is 0 Å². The highest BCUT2D eigenvalue weighted by Gasteiger charge is 2.50. The zero-order valence-electron chi connectivity index (χ0n) is 13.9. The summed E-state index contributed by atoms with van der Waals surface area (Å²) in [7, 11) is 0. The summed E-state index contributed by atoms with van der Waals surface area (Å²) < 4.78 is 21.3. The van der Waals surface area contributed by atoms with Gasteiger partial charge in [0.1, 0.15) is 48.8 Å². The van der Waals surface area contributed by atoms with E-state index in [2.05, 4.69) is 6.58 Å². The zero-order valence-corrected chi connectivity index (χ0v) is 13.9. The van der Waals surface area contributed by atoms with Crippen molar-refractivity contribution in [2.24, 2.45) is 0 Å². The second kappa shape index (κ2) is 9.48. The Bertz CT molecular complexity index is 447. The smallest absolute Gasteiger partial charge is 0.187 e. The summed E-state index contributed by atoms with van der Waals surface area (Å²) in [6.45, 7) is 2.18. The Morgan fingerprint density at radius 2 is 1.42 bits per heavy atom. The molecule has 2 aliphatic heterocycles. The summed E-state index contributed by atoms with van der Waals surface area (Å²) in [5.41, 5.74) is 0. The Balaban J connectivity index is 2.19. The summed E-state index contributed by atoms with van der Waals surface area (Å²) >= 11 is 0. The molecule has 11 nitrogen and oxygen atoms in total. The van der Waals surface area contributed by atoms with Gasteiger partial charge in [-0.3, -0.25) is 0 Å². The molecule has 152 valence electrons. The average molecular weight is 382 g/mol. The van der Waals surface area contributed by atoms with E-state index in [1.165, 1.54) is 6.08 Å². The van der Waals surface area contributed by atoms with E-state index >= 15 is 0 Å². The fourth-order valence-electron chi connectivity index (χ4n) is 2.91. The Labute approximate surface area is 149 Å². The van der Waals surface area contributed by atoms with Crippen molar-refractivity contribution < 1.29 is 54.7 Å². The van der Waals surface area contributed by atoms with Crippen molar-refractivity contribution in [1.29, 1.82) is 0 Å². The highest BCUT2D eigenvalue weighted by atomic mass is 16.7. The number of rotatable bonds is 7. The first-order valence-corrected chi connectivity index (χ1v) is 8.16. The molecule has 2 saturated heterocycles. The second-order valence-electron chi connectivity index (χ2n) is 6.12. The first-order valence-electron chi connectivity index (χ1n) is 8.16. The van der Waals surface area contributed by atoms with Crippen molar-refractivity contribution in [2.75, 3.05) is 19.8 Å². The van der Waals surface area contributed by atoms with Gasteiger partial charge >= 0.3 is 0 Å². The van der Waals surface area contributed by atoms with Crippen molar-refractivity contribution in [3.05, 3.63) is 12.7 Å². The molecule has 0 saturated carbocycles. The number of hydrogen-bond donors (Lipinski definition) is 7. The summed E-state index contributed by atoms with van der Waals surface area (Å²) in [6, 6.07) is 0. The molecule has 0 spiro atoms. The predicted molar refractivity (Wildman–Crippen MR) is 82.5 cm³/mol. The lowest BCUT2D eigenvalue weighted by molar-refractivity contribution is -0.358. The molecule has 11 heteroatoms. The van der Waals surface area contributed by atoms with E-state index in [4.69, 9.17) is 18.9 Å². The minimum absolute atomic E-state index is 0.0179. The van der Waals surface area contributed by atoms with Crippen LogP contribution in [0.2, 0.25) is 0 Å². The van der Waals surface area contributed by atoms with E-state index in [1.807, 2.05) is 0 Å². The van der Waals surface area contributed by atoms with Crippen molar-refractivity contribution in [3.8, 4) is 0 Å². The molecule has 0 radical (unpaired) electrons. The lowest BCUT2D eigenvalue weighted by atomic mass is 9.97. The van der Waals surface area contributed by atoms with Gasteiger partial charge in [0.15, 0.2) is 12.6 Å². The molecular weight excluding hydrogens is 356 g/mol. The van der Waals surface area contributed by atoms with E-state index < -0.39 is 74.6 Å². The number of aliphatic hydroxyl groups is 7. The van der Waals surface area contributed by atoms with Gasteiger partial charge in [0.05, 0.1) is 19.8 Å². The van der Waals surface area contributed by atoms with E-state index in [9.17, 15) is 35.7 Å². The molecule has 0 aromatic rings. The SMILES string of the molecule is C=CCO[C@H]1[C@H](O[C@H]2[C@H](O)[C@@H](O)[C@H](O)O[C@@H]2CO)O[C@H](CO)[C@H](O)[C@@H]1O. The van der Waals surface area contributed by atoms with Crippen molar-refractivity contribution in [3.63, 3.8) is 0 Å². The molecular formula is C15H26O11. The third kappa shape index (κ3) is 4.40. The van der Waals surface area contributed by atoms with E-state index in [0.29, 0.717) is 0 Å². The van der Waals surface area contributed by atoms with Gasteiger partial charge in [0.2, 0.25) is 0 Å². The minimum Gasteiger partial charge on any atom is -0.394 e. The van der Waals surface area contributed by atoms with Crippen LogP contribution >= 0.6 is 0 Å². The van der Waals surface area contributed by atoms with Gasteiger partial charge in [0, 0.05) is 0 Å². The third-order valence-electron chi connectivity index (χ3n) is 4.36. The average Bonchev–Trinajstić information content (AvgIpc) is 2.64. The molecule has 0 aromatic heterocycles. The topological polar surface area (TPSA) is 179 Å². The van der Waals surface area contributed by atoms with E-state index in [-0.39, 0.29) is 6.61 Å². The maximum absolute atomic E-state index is 10.2. The molecule has 2 aliphatic rings. The van der Waals surface area contributed by atoms with Gasteiger partial charge in [-0.25, -0.2) is 0 Å². The molecule has 0 bridgehead atoms. The Morgan fingerprint density at radius 3 is 2.00 bits per heavy atom. The van der Waals surface area contributed by atoms with Gasteiger partial charge in [0.25, 0.3) is 0 Å². The van der Waals surface area contributed by atoms with E-state index in [1.54, 1.807) is 0 Å². The van der Waals surface area contributed by atoms with Gasteiger partial charge in [-0.05, 0) is 0 Å². The fraction of sp³-hybridized carbons (Fsp3) is 0.867.